The molecule has 0 N–H and O–H groups in total. The highest BCUT2D eigenvalue weighted by Crippen LogP contribution is 2.29. The van der Waals surface area contributed by atoms with Crippen molar-refractivity contribution in [3.8, 4) is 0 Å². The summed E-state index contributed by atoms with van der Waals surface area (Å²) in [5.74, 6) is 0.340. The molecule has 1 aliphatic rings. The number of nitrogens with zero attached hydrogens (tertiary/aromatic N) is 3. The molecule has 1 atom stereocenters. The number of aromatic nitrogens is 2. The molecule has 0 unspecified atom stereocenters. The van der Waals surface area contributed by atoms with E-state index in [-0.39, 0.29) is 18.0 Å². The molecule has 1 aliphatic heterocycles. The second kappa shape index (κ2) is 6.75. The van der Waals surface area contributed by atoms with Crippen molar-refractivity contribution in [2.75, 3.05) is 13.1 Å². The summed E-state index contributed by atoms with van der Waals surface area (Å²) in [6, 6.07) is 15.5. The smallest absolute Gasteiger partial charge is 0.261 e. The average Bonchev–Trinajstić information content (AvgIpc) is 3.15. The van der Waals surface area contributed by atoms with E-state index < -0.39 is 0 Å². The van der Waals surface area contributed by atoms with Crippen LogP contribution in [0.3, 0.4) is 0 Å². The number of aryl methyl sites for hydroxylation is 1. The van der Waals surface area contributed by atoms with Crippen LogP contribution in [-0.4, -0.2) is 33.4 Å². The number of hydrogen-bond acceptors (Lipinski definition) is 3. The lowest BCUT2D eigenvalue weighted by atomic mass is 9.94. The lowest BCUT2D eigenvalue weighted by Gasteiger charge is -2.18. The van der Waals surface area contributed by atoms with E-state index in [0.29, 0.717) is 23.4 Å². The first kappa shape index (κ1) is 16.5. The third-order valence-corrected chi connectivity index (χ3v) is 5.21. The summed E-state index contributed by atoms with van der Waals surface area (Å²) in [4.78, 5) is 31.4. The molecule has 26 heavy (non-hydrogen) atoms. The van der Waals surface area contributed by atoms with Gasteiger partial charge in [-0.3, -0.25) is 14.2 Å². The molecular formula is C21H21N3O2. The zero-order chi connectivity index (χ0) is 18.1. The Morgan fingerprint density at radius 2 is 1.92 bits per heavy atom. The van der Waals surface area contributed by atoms with Gasteiger partial charge in [0.1, 0.15) is 6.54 Å². The molecule has 4 rings (SSSR count). The van der Waals surface area contributed by atoms with Crippen LogP contribution in [0, 0.1) is 6.92 Å². The largest absolute Gasteiger partial charge is 0.341 e. The number of carbonyl (C=O) groups excluding carboxylic acids is 1. The van der Waals surface area contributed by atoms with Gasteiger partial charge in [0.05, 0.1) is 17.2 Å². The molecule has 2 aromatic carbocycles. The Morgan fingerprint density at radius 1 is 1.15 bits per heavy atom. The maximum atomic E-state index is 12.7. The van der Waals surface area contributed by atoms with Gasteiger partial charge in [0.2, 0.25) is 5.91 Å². The first-order valence-electron chi connectivity index (χ1n) is 8.91. The van der Waals surface area contributed by atoms with E-state index in [2.05, 4.69) is 24.0 Å². The fourth-order valence-corrected chi connectivity index (χ4v) is 3.75. The molecule has 2 heterocycles. The number of likely N-dealkylation sites (tertiary alicyclic amines) is 1. The molecule has 5 nitrogen and oxygen atoms in total. The summed E-state index contributed by atoms with van der Waals surface area (Å²) >= 11 is 0. The standard InChI is InChI=1S/C21H21N3O2/c1-15-6-2-3-7-17(15)16-10-11-23(12-16)20(25)13-24-14-22-19-9-5-4-8-18(19)21(24)26/h2-9,14,16H,10-13H2,1H3/t16-/m1/s1. The van der Waals surface area contributed by atoms with E-state index in [4.69, 9.17) is 0 Å². The molecule has 1 amide bonds. The number of hydrogen-bond donors (Lipinski definition) is 0. The minimum absolute atomic E-state index is 0.0275. The van der Waals surface area contributed by atoms with Crippen molar-refractivity contribution in [2.45, 2.75) is 25.8 Å². The Morgan fingerprint density at radius 3 is 2.77 bits per heavy atom. The molecule has 0 radical (unpaired) electrons. The van der Waals surface area contributed by atoms with Gasteiger partial charge in [0, 0.05) is 19.0 Å². The number of para-hydroxylation sites is 1. The number of carbonyl (C=O) groups is 1. The normalized spacial score (nSPS) is 17.0. The van der Waals surface area contributed by atoms with Crippen LogP contribution in [0.4, 0.5) is 0 Å². The summed E-state index contributed by atoms with van der Waals surface area (Å²) in [5.41, 5.74) is 3.06. The van der Waals surface area contributed by atoms with Crippen LogP contribution in [0.25, 0.3) is 10.9 Å². The molecule has 0 spiro atoms. The quantitative estimate of drug-likeness (QED) is 0.732. The van der Waals surface area contributed by atoms with Crippen LogP contribution < -0.4 is 5.56 Å². The SMILES string of the molecule is Cc1ccccc1[C@@H]1CCN(C(=O)Cn2cnc3ccccc3c2=O)C1. The van der Waals surface area contributed by atoms with Crippen LogP contribution in [0.15, 0.2) is 59.7 Å². The fourth-order valence-electron chi connectivity index (χ4n) is 3.75. The number of amides is 1. The van der Waals surface area contributed by atoms with E-state index in [1.165, 1.54) is 22.0 Å². The summed E-state index contributed by atoms with van der Waals surface area (Å²) < 4.78 is 1.41. The summed E-state index contributed by atoms with van der Waals surface area (Å²) in [6.07, 6.45) is 2.43. The third-order valence-electron chi connectivity index (χ3n) is 5.21. The highest BCUT2D eigenvalue weighted by Gasteiger charge is 2.28. The van der Waals surface area contributed by atoms with Gasteiger partial charge in [0.25, 0.3) is 5.56 Å². The van der Waals surface area contributed by atoms with Gasteiger partial charge in [-0.1, -0.05) is 36.4 Å². The molecule has 5 heteroatoms. The molecular weight excluding hydrogens is 326 g/mol. The van der Waals surface area contributed by atoms with Crippen LogP contribution in [0.2, 0.25) is 0 Å². The maximum absolute atomic E-state index is 12.7. The van der Waals surface area contributed by atoms with Gasteiger partial charge in [-0.15, -0.1) is 0 Å². The first-order chi connectivity index (χ1) is 12.6. The van der Waals surface area contributed by atoms with Crippen molar-refractivity contribution < 1.29 is 4.79 Å². The minimum atomic E-state index is -0.168. The second-order valence-electron chi connectivity index (χ2n) is 6.88. The predicted octanol–water partition coefficient (Wildman–Crippen LogP) is 2.72. The van der Waals surface area contributed by atoms with Crippen LogP contribution in [-0.2, 0) is 11.3 Å². The number of fused-ring (bicyclic) bond motifs is 1. The molecule has 0 bridgehead atoms. The number of rotatable bonds is 3. The third kappa shape index (κ3) is 3.01. The van der Waals surface area contributed by atoms with Crippen LogP contribution in [0.1, 0.15) is 23.5 Å². The number of benzene rings is 2. The molecule has 0 aliphatic carbocycles. The molecule has 3 aromatic rings. The van der Waals surface area contributed by atoms with E-state index in [1.807, 2.05) is 29.2 Å². The minimum Gasteiger partial charge on any atom is -0.341 e. The summed E-state index contributed by atoms with van der Waals surface area (Å²) in [6.45, 7) is 3.59. The highest BCUT2D eigenvalue weighted by molar-refractivity contribution is 5.79. The molecule has 1 fully saturated rings. The van der Waals surface area contributed by atoms with Crippen molar-refractivity contribution in [1.82, 2.24) is 14.5 Å². The van der Waals surface area contributed by atoms with Crippen molar-refractivity contribution >= 4 is 16.8 Å². The Hall–Kier alpha value is -2.95. The topological polar surface area (TPSA) is 55.2 Å². The molecule has 132 valence electrons. The maximum Gasteiger partial charge on any atom is 0.261 e. The van der Waals surface area contributed by atoms with Crippen molar-refractivity contribution in [3.63, 3.8) is 0 Å². The predicted molar refractivity (Wildman–Crippen MR) is 101 cm³/mol. The van der Waals surface area contributed by atoms with Crippen molar-refractivity contribution in [3.05, 3.63) is 76.3 Å². The Bertz CT molecular complexity index is 1020. The lowest BCUT2D eigenvalue weighted by molar-refractivity contribution is -0.130. The lowest BCUT2D eigenvalue weighted by Crippen LogP contribution is -2.35. The summed E-state index contributed by atoms with van der Waals surface area (Å²) in [5, 5.41) is 0.544. The molecule has 0 saturated carbocycles. The van der Waals surface area contributed by atoms with E-state index >= 15 is 0 Å². The van der Waals surface area contributed by atoms with Crippen molar-refractivity contribution in [1.29, 1.82) is 0 Å². The summed E-state index contributed by atoms with van der Waals surface area (Å²) in [7, 11) is 0. The van der Waals surface area contributed by atoms with Gasteiger partial charge in [-0.25, -0.2) is 4.98 Å². The van der Waals surface area contributed by atoms with Gasteiger partial charge in [-0.2, -0.15) is 0 Å². The molecule has 1 aromatic heterocycles. The van der Waals surface area contributed by atoms with Crippen LogP contribution in [0.5, 0.6) is 0 Å². The van der Waals surface area contributed by atoms with Gasteiger partial charge >= 0.3 is 0 Å². The Kier molecular flexibility index (Phi) is 4.29. The monoisotopic (exact) mass is 347 g/mol. The van der Waals surface area contributed by atoms with E-state index in [1.54, 1.807) is 12.1 Å². The molecule has 1 saturated heterocycles. The van der Waals surface area contributed by atoms with Gasteiger partial charge in [-0.05, 0) is 36.6 Å². The van der Waals surface area contributed by atoms with Crippen LogP contribution >= 0.6 is 0 Å². The fraction of sp³-hybridized carbons (Fsp3) is 0.286. The second-order valence-corrected chi connectivity index (χ2v) is 6.88. The Balaban J connectivity index is 1.50. The Labute approximate surface area is 151 Å². The van der Waals surface area contributed by atoms with Crippen molar-refractivity contribution in [2.24, 2.45) is 0 Å². The zero-order valence-corrected chi connectivity index (χ0v) is 14.8. The zero-order valence-electron chi connectivity index (χ0n) is 14.8. The van der Waals surface area contributed by atoms with Gasteiger partial charge in [0.15, 0.2) is 0 Å². The van der Waals surface area contributed by atoms with Gasteiger partial charge < -0.3 is 4.90 Å². The van der Waals surface area contributed by atoms with E-state index in [0.717, 1.165) is 13.0 Å². The van der Waals surface area contributed by atoms with E-state index in [9.17, 15) is 9.59 Å². The highest BCUT2D eigenvalue weighted by atomic mass is 16.2. The first-order valence-corrected chi connectivity index (χ1v) is 8.91. The average molecular weight is 347 g/mol.